The number of carbonyl (C=O) groups is 2. The van der Waals surface area contributed by atoms with Crippen LogP contribution in [0.5, 0.6) is 0 Å². The van der Waals surface area contributed by atoms with Gasteiger partial charge in [0.2, 0.25) is 0 Å². The Morgan fingerprint density at radius 3 is 2.82 bits per heavy atom. The van der Waals surface area contributed by atoms with Gasteiger partial charge in [-0.3, -0.25) is 9.78 Å². The third-order valence-electron chi connectivity index (χ3n) is 2.44. The zero-order valence-corrected chi connectivity index (χ0v) is 10.2. The van der Waals surface area contributed by atoms with E-state index in [1.807, 2.05) is 19.1 Å². The van der Waals surface area contributed by atoms with Crippen molar-refractivity contribution >= 4 is 12.3 Å². The van der Waals surface area contributed by atoms with Crippen LogP contribution in [0.1, 0.15) is 36.9 Å². The number of esters is 1. The fraction of sp³-hybridized carbons (Fsp3) is 0.462. The van der Waals surface area contributed by atoms with Gasteiger partial charge in [0.05, 0.1) is 18.2 Å². The topological polar surface area (TPSA) is 56.3 Å². The third-order valence-corrected chi connectivity index (χ3v) is 2.44. The van der Waals surface area contributed by atoms with E-state index in [-0.39, 0.29) is 18.3 Å². The normalized spacial score (nSPS) is 11.9. The van der Waals surface area contributed by atoms with Crippen molar-refractivity contribution in [2.45, 2.75) is 32.6 Å². The standard InChI is InChI=1S/C13H17NO3/c1-3-17-13(16)7-5-11(9-15)12-6-4-10(2)8-14-12/h4,6,8-9,11H,3,5,7H2,1-2H3. The van der Waals surface area contributed by atoms with Crippen LogP contribution in [0.15, 0.2) is 18.3 Å². The fourth-order valence-electron chi connectivity index (χ4n) is 1.49. The molecule has 0 saturated heterocycles. The van der Waals surface area contributed by atoms with Crippen LogP contribution in [0.2, 0.25) is 0 Å². The fourth-order valence-corrected chi connectivity index (χ4v) is 1.49. The number of ether oxygens (including phenoxy) is 1. The van der Waals surface area contributed by atoms with Gasteiger partial charge < -0.3 is 9.53 Å². The number of pyridine rings is 1. The molecular formula is C13H17NO3. The Labute approximate surface area is 101 Å². The lowest BCUT2D eigenvalue weighted by Gasteiger charge is -2.09. The first-order chi connectivity index (χ1) is 8.17. The highest BCUT2D eigenvalue weighted by Crippen LogP contribution is 2.17. The minimum atomic E-state index is -0.333. The number of carbonyl (C=O) groups excluding carboxylic acids is 2. The van der Waals surface area contributed by atoms with Crippen molar-refractivity contribution in [1.82, 2.24) is 4.98 Å². The van der Waals surface area contributed by atoms with Gasteiger partial charge >= 0.3 is 5.97 Å². The van der Waals surface area contributed by atoms with Crippen LogP contribution in [0, 0.1) is 6.92 Å². The number of aldehydes is 1. The minimum Gasteiger partial charge on any atom is -0.466 e. The summed E-state index contributed by atoms with van der Waals surface area (Å²) in [5, 5.41) is 0. The van der Waals surface area contributed by atoms with Crippen molar-refractivity contribution in [2.24, 2.45) is 0 Å². The van der Waals surface area contributed by atoms with Gasteiger partial charge in [0.15, 0.2) is 0 Å². The molecule has 0 aliphatic rings. The van der Waals surface area contributed by atoms with E-state index in [1.165, 1.54) is 0 Å². The summed E-state index contributed by atoms with van der Waals surface area (Å²) < 4.78 is 4.82. The molecule has 1 rings (SSSR count). The molecule has 1 aromatic heterocycles. The second-order valence-corrected chi connectivity index (χ2v) is 3.85. The van der Waals surface area contributed by atoms with Crippen LogP contribution in [0.4, 0.5) is 0 Å². The highest BCUT2D eigenvalue weighted by atomic mass is 16.5. The number of rotatable bonds is 6. The van der Waals surface area contributed by atoms with E-state index in [0.717, 1.165) is 11.8 Å². The molecule has 0 N–H and O–H groups in total. The molecule has 1 atom stereocenters. The largest absolute Gasteiger partial charge is 0.466 e. The Balaban J connectivity index is 2.57. The van der Waals surface area contributed by atoms with Crippen LogP contribution >= 0.6 is 0 Å². The van der Waals surface area contributed by atoms with Gasteiger partial charge in [0.25, 0.3) is 0 Å². The van der Waals surface area contributed by atoms with Crippen LogP contribution in [0.3, 0.4) is 0 Å². The first kappa shape index (κ1) is 13.4. The van der Waals surface area contributed by atoms with E-state index in [4.69, 9.17) is 4.74 Å². The SMILES string of the molecule is CCOC(=O)CCC(C=O)c1ccc(C)cn1. The summed E-state index contributed by atoms with van der Waals surface area (Å²) in [4.78, 5) is 26.3. The summed E-state index contributed by atoms with van der Waals surface area (Å²) in [7, 11) is 0. The molecule has 1 heterocycles. The summed E-state index contributed by atoms with van der Waals surface area (Å²) >= 11 is 0. The van der Waals surface area contributed by atoms with Gasteiger partial charge in [0, 0.05) is 12.6 Å². The molecule has 0 saturated carbocycles. The van der Waals surface area contributed by atoms with Gasteiger partial charge in [-0.25, -0.2) is 0 Å². The molecule has 0 aromatic carbocycles. The summed E-state index contributed by atoms with van der Waals surface area (Å²) in [6.07, 6.45) is 3.23. The van der Waals surface area contributed by atoms with E-state index in [0.29, 0.717) is 18.7 Å². The molecule has 4 nitrogen and oxygen atoms in total. The predicted molar refractivity (Wildman–Crippen MR) is 63.6 cm³/mol. The van der Waals surface area contributed by atoms with Crippen LogP contribution in [-0.2, 0) is 14.3 Å². The molecule has 4 heteroatoms. The maximum absolute atomic E-state index is 11.2. The lowest BCUT2D eigenvalue weighted by Crippen LogP contribution is -2.09. The molecule has 0 fully saturated rings. The Morgan fingerprint density at radius 2 is 2.29 bits per heavy atom. The highest BCUT2D eigenvalue weighted by Gasteiger charge is 2.14. The first-order valence-electron chi connectivity index (χ1n) is 5.70. The van der Waals surface area contributed by atoms with E-state index in [2.05, 4.69) is 4.98 Å². The second kappa shape index (κ2) is 6.78. The zero-order valence-electron chi connectivity index (χ0n) is 10.2. The lowest BCUT2D eigenvalue weighted by atomic mass is 10.00. The molecule has 1 unspecified atom stereocenters. The zero-order chi connectivity index (χ0) is 12.7. The maximum atomic E-state index is 11.2. The number of nitrogens with zero attached hydrogens (tertiary/aromatic N) is 1. The Bertz CT molecular complexity index is 373. The van der Waals surface area contributed by atoms with Crippen LogP contribution in [0.25, 0.3) is 0 Å². The third kappa shape index (κ3) is 4.34. The predicted octanol–water partition coefficient (Wildman–Crippen LogP) is 2.02. The van der Waals surface area contributed by atoms with Crippen molar-refractivity contribution in [3.8, 4) is 0 Å². The molecule has 0 radical (unpaired) electrons. The van der Waals surface area contributed by atoms with E-state index >= 15 is 0 Å². The van der Waals surface area contributed by atoms with E-state index < -0.39 is 0 Å². The van der Waals surface area contributed by atoms with Crippen molar-refractivity contribution in [3.05, 3.63) is 29.6 Å². The minimum absolute atomic E-state index is 0.243. The second-order valence-electron chi connectivity index (χ2n) is 3.85. The Hall–Kier alpha value is -1.71. The molecule has 0 spiro atoms. The van der Waals surface area contributed by atoms with Crippen molar-refractivity contribution < 1.29 is 14.3 Å². The van der Waals surface area contributed by atoms with Crippen molar-refractivity contribution in [3.63, 3.8) is 0 Å². The quantitative estimate of drug-likeness (QED) is 0.559. The summed E-state index contributed by atoms with van der Waals surface area (Å²) in [6, 6.07) is 3.72. The number of aryl methyl sites for hydroxylation is 1. The van der Waals surface area contributed by atoms with Gasteiger partial charge in [0.1, 0.15) is 6.29 Å². The van der Waals surface area contributed by atoms with Gasteiger partial charge in [-0.15, -0.1) is 0 Å². The highest BCUT2D eigenvalue weighted by molar-refractivity contribution is 5.70. The first-order valence-corrected chi connectivity index (χ1v) is 5.70. The summed E-state index contributed by atoms with van der Waals surface area (Å²) in [6.45, 7) is 4.06. The maximum Gasteiger partial charge on any atom is 0.305 e. The van der Waals surface area contributed by atoms with Crippen LogP contribution in [-0.4, -0.2) is 23.8 Å². The molecule has 17 heavy (non-hydrogen) atoms. The van der Waals surface area contributed by atoms with Gasteiger partial charge in [-0.2, -0.15) is 0 Å². The Kier molecular flexibility index (Phi) is 5.33. The number of hydrogen-bond donors (Lipinski definition) is 0. The summed E-state index contributed by atoms with van der Waals surface area (Å²) in [5.41, 5.74) is 1.75. The van der Waals surface area contributed by atoms with Gasteiger partial charge in [-0.05, 0) is 31.9 Å². The van der Waals surface area contributed by atoms with E-state index in [1.54, 1.807) is 13.1 Å². The van der Waals surface area contributed by atoms with Crippen molar-refractivity contribution in [1.29, 1.82) is 0 Å². The average Bonchev–Trinajstić information content (AvgIpc) is 2.32. The molecule has 92 valence electrons. The van der Waals surface area contributed by atoms with Gasteiger partial charge in [-0.1, -0.05) is 6.07 Å². The van der Waals surface area contributed by atoms with Crippen LogP contribution < -0.4 is 0 Å². The smallest absolute Gasteiger partial charge is 0.305 e. The van der Waals surface area contributed by atoms with E-state index in [9.17, 15) is 9.59 Å². The molecular weight excluding hydrogens is 218 g/mol. The molecule has 0 aliphatic carbocycles. The number of hydrogen-bond acceptors (Lipinski definition) is 4. The summed E-state index contributed by atoms with van der Waals surface area (Å²) in [5.74, 6) is -0.605. The average molecular weight is 235 g/mol. The molecule has 0 bridgehead atoms. The van der Waals surface area contributed by atoms with Crippen molar-refractivity contribution in [2.75, 3.05) is 6.61 Å². The monoisotopic (exact) mass is 235 g/mol. The number of aromatic nitrogens is 1. The molecule has 1 aromatic rings. The Morgan fingerprint density at radius 1 is 1.53 bits per heavy atom. The lowest BCUT2D eigenvalue weighted by molar-refractivity contribution is -0.143. The molecule has 0 aliphatic heterocycles. The molecule has 0 amide bonds.